The summed E-state index contributed by atoms with van der Waals surface area (Å²) in [4.78, 5) is 0. The molecule has 0 fully saturated rings. The van der Waals surface area contributed by atoms with Gasteiger partial charge in [0.25, 0.3) is 0 Å². The first-order chi connectivity index (χ1) is 8.56. The largest absolute Gasteiger partial charge is 0.489 e. The number of anilines is 1. The standard InChI is InChI=1S/C14H13ClFNO/c1-9-6-12(17)4-5-14(9)18-8-10-2-3-11(16)7-13(10)15/h2-7H,8,17H2,1H3. The molecular weight excluding hydrogens is 253 g/mol. The van der Waals surface area contributed by atoms with E-state index in [1.807, 2.05) is 19.1 Å². The van der Waals surface area contributed by atoms with Crippen molar-refractivity contribution in [1.82, 2.24) is 0 Å². The summed E-state index contributed by atoms with van der Waals surface area (Å²) in [6.45, 7) is 2.21. The van der Waals surface area contributed by atoms with Gasteiger partial charge in [0, 0.05) is 11.3 Å². The van der Waals surface area contributed by atoms with Crippen LogP contribution in [0.5, 0.6) is 5.75 Å². The normalized spacial score (nSPS) is 10.4. The highest BCUT2D eigenvalue weighted by atomic mass is 35.5. The lowest BCUT2D eigenvalue weighted by Crippen LogP contribution is -1.98. The Morgan fingerprint density at radius 2 is 2.00 bits per heavy atom. The minimum absolute atomic E-state index is 0.296. The smallest absolute Gasteiger partial charge is 0.124 e. The van der Waals surface area contributed by atoms with Crippen molar-refractivity contribution < 1.29 is 9.13 Å². The van der Waals surface area contributed by atoms with Gasteiger partial charge in [-0.2, -0.15) is 0 Å². The molecule has 0 aliphatic carbocycles. The third kappa shape index (κ3) is 2.93. The van der Waals surface area contributed by atoms with E-state index in [1.165, 1.54) is 12.1 Å². The van der Waals surface area contributed by atoms with Crippen molar-refractivity contribution in [2.24, 2.45) is 0 Å². The van der Waals surface area contributed by atoms with Crippen LogP contribution in [-0.4, -0.2) is 0 Å². The third-order valence-corrected chi connectivity index (χ3v) is 2.95. The van der Waals surface area contributed by atoms with Gasteiger partial charge in [-0.25, -0.2) is 4.39 Å². The molecule has 0 atom stereocenters. The minimum Gasteiger partial charge on any atom is -0.489 e. The molecule has 94 valence electrons. The fourth-order valence-electron chi connectivity index (χ4n) is 1.63. The molecule has 4 heteroatoms. The summed E-state index contributed by atoms with van der Waals surface area (Å²) in [5.74, 6) is 0.386. The average Bonchev–Trinajstić information content (AvgIpc) is 2.30. The van der Waals surface area contributed by atoms with E-state index in [2.05, 4.69) is 0 Å². The van der Waals surface area contributed by atoms with Gasteiger partial charge in [-0.3, -0.25) is 0 Å². The van der Waals surface area contributed by atoms with Crippen molar-refractivity contribution in [2.75, 3.05) is 5.73 Å². The molecule has 0 saturated carbocycles. The Hall–Kier alpha value is -1.74. The highest BCUT2D eigenvalue weighted by Gasteiger charge is 2.05. The van der Waals surface area contributed by atoms with Crippen molar-refractivity contribution in [2.45, 2.75) is 13.5 Å². The summed E-state index contributed by atoms with van der Waals surface area (Å²) in [5, 5.41) is 0.364. The van der Waals surface area contributed by atoms with Crippen LogP contribution in [0.2, 0.25) is 5.02 Å². The van der Waals surface area contributed by atoms with Crippen molar-refractivity contribution >= 4 is 17.3 Å². The fraction of sp³-hybridized carbons (Fsp3) is 0.143. The third-order valence-electron chi connectivity index (χ3n) is 2.60. The van der Waals surface area contributed by atoms with E-state index in [4.69, 9.17) is 22.1 Å². The van der Waals surface area contributed by atoms with Crippen LogP contribution < -0.4 is 10.5 Å². The Balaban J connectivity index is 2.11. The zero-order valence-corrected chi connectivity index (χ0v) is 10.7. The fourth-order valence-corrected chi connectivity index (χ4v) is 1.85. The minimum atomic E-state index is -0.354. The van der Waals surface area contributed by atoms with E-state index in [0.29, 0.717) is 17.3 Å². The monoisotopic (exact) mass is 265 g/mol. The summed E-state index contributed by atoms with van der Waals surface area (Å²) in [5.41, 5.74) is 8.05. The maximum Gasteiger partial charge on any atom is 0.124 e. The molecule has 0 amide bonds. The highest BCUT2D eigenvalue weighted by Crippen LogP contribution is 2.23. The van der Waals surface area contributed by atoms with Gasteiger partial charge in [-0.05, 0) is 42.8 Å². The number of nitrogens with two attached hydrogens (primary N) is 1. The molecule has 2 rings (SSSR count). The Bertz CT molecular complexity index is 520. The van der Waals surface area contributed by atoms with E-state index in [-0.39, 0.29) is 5.82 Å². The molecule has 18 heavy (non-hydrogen) atoms. The molecule has 2 aromatic carbocycles. The van der Waals surface area contributed by atoms with Gasteiger partial charge in [-0.1, -0.05) is 17.7 Å². The summed E-state index contributed by atoms with van der Waals surface area (Å²) < 4.78 is 18.5. The molecule has 0 saturated heterocycles. The molecule has 0 aliphatic heterocycles. The Kier molecular flexibility index (Phi) is 3.72. The summed E-state index contributed by atoms with van der Waals surface area (Å²) in [7, 11) is 0. The topological polar surface area (TPSA) is 35.2 Å². The van der Waals surface area contributed by atoms with Gasteiger partial charge in [0.05, 0.1) is 5.02 Å². The first kappa shape index (κ1) is 12.7. The van der Waals surface area contributed by atoms with Gasteiger partial charge in [0.15, 0.2) is 0 Å². The number of hydrogen-bond donors (Lipinski definition) is 1. The molecule has 0 aromatic heterocycles. The quantitative estimate of drug-likeness (QED) is 0.853. The summed E-state index contributed by atoms with van der Waals surface area (Å²) in [6.07, 6.45) is 0. The van der Waals surface area contributed by atoms with E-state index in [9.17, 15) is 4.39 Å². The lowest BCUT2D eigenvalue weighted by molar-refractivity contribution is 0.304. The van der Waals surface area contributed by atoms with Crippen molar-refractivity contribution in [3.8, 4) is 5.75 Å². The molecule has 0 unspecified atom stereocenters. The SMILES string of the molecule is Cc1cc(N)ccc1OCc1ccc(F)cc1Cl. The molecule has 2 aromatic rings. The molecule has 0 spiro atoms. The van der Waals surface area contributed by atoms with Crippen LogP contribution in [0.15, 0.2) is 36.4 Å². The van der Waals surface area contributed by atoms with E-state index >= 15 is 0 Å². The average molecular weight is 266 g/mol. The second kappa shape index (κ2) is 5.27. The van der Waals surface area contributed by atoms with Gasteiger partial charge >= 0.3 is 0 Å². The number of halogens is 2. The lowest BCUT2D eigenvalue weighted by Gasteiger charge is -2.10. The van der Waals surface area contributed by atoms with Crippen LogP contribution in [0.3, 0.4) is 0 Å². The van der Waals surface area contributed by atoms with Gasteiger partial charge in [0.1, 0.15) is 18.2 Å². The van der Waals surface area contributed by atoms with Crippen LogP contribution in [-0.2, 0) is 6.61 Å². The van der Waals surface area contributed by atoms with Crippen LogP contribution >= 0.6 is 11.6 Å². The zero-order chi connectivity index (χ0) is 13.1. The summed E-state index contributed by atoms with van der Waals surface area (Å²) >= 11 is 5.92. The Labute approximate surface area is 110 Å². The number of nitrogen functional groups attached to an aromatic ring is 1. The summed E-state index contributed by atoms with van der Waals surface area (Å²) in [6, 6.07) is 9.67. The zero-order valence-electron chi connectivity index (χ0n) is 9.91. The van der Waals surface area contributed by atoms with E-state index < -0.39 is 0 Å². The number of ether oxygens (including phenoxy) is 1. The van der Waals surface area contributed by atoms with Gasteiger partial charge in [0.2, 0.25) is 0 Å². The van der Waals surface area contributed by atoms with Gasteiger partial charge < -0.3 is 10.5 Å². The van der Waals surface area contributed by atoms with Crippen molar-refractivity contribution in [3.05, 3.63) is 58.4 Å². The molecular formula is C14H13ClFNO. The molecule has 0 radical (unpaired) electrons. The predicted molar refractivity (Wildman–Crippen MR) is 71.3 cm³/mol. The van der Waals surface area contributed by atoms with E-state index in [1.54, 1.807) is 12.1 Å². The molecule has 2 nitrogen and oxygen atoms in total. The number of rotatable bonds is 3. The number of hydrogen-bond acceptors (Lipinski definition) is 2. The first-order valence-corrected chi connectivity index (χ1v) is 5.87. The Morgan fingerprint density at radius 3 is 2.67 bits per heavy atom. The second-order valence-electron chi connectivity index (χ2n) is 4.05. The van der Waals surface area contributed by atoms with Crippen LogP contribution in [0.1, 0.15) is 11.1 Å². The predicted octanol–water partition coefficient (Wildman–Crippen LogP) is 3.95. The second-order valence-corrected chi connectivity index (χ2v) is 4.46. The molecule has 0 heterocycles. The maximum absolute atomic E-state index is 12.9. The molecule has 0 bridgehead atoms. The van der Waals surface area contributed by atoms with Crippen molar-refractivity contribution in [1.29, 1.82) is 0 Å². The number of aryl methyl sites for hydroxylation is 1. The van der Waals surface area contributed by atoms with Crippen LogP contribution in [0.25, 0.3) is 0 Å². The van der Waals surface area contributed by atoms with Crippen LogP contribution in [0.4, 0.5) is 10.1 Å². The van der Waals surface area contributed by atoms with Crippen molar-refractivity contribution in [3.63, 3.8) is 0 Å². The molecule has 0 aliphatic rings. The maximum atomic E-state index is 12.9. The highest BCUT2D eigenvalue weighted by molar-refractivity contribution is 6.31. The Morgan fingerprint density at radius 1 is 1.22 bits per heavy atom. The first-order valence-electron chi connectivity index (χ1n) is 5.49. The van der Waals surface area contributed by atoms with E-state index in [0.717, 1.165) is 16.9 Å². The number of benzene rings is 2. The molecule has 2 N–H and O–H groups in total. The van der Waals surface area contributed by atoms with Gasteiger partial charge in [-0.15, -0.1) is 0 Å². The lowest BCUT2D eigenvalue weighted by atomic mass is 10.2. The van der Waals surface area contributed by atoms with Crippen LogP contribution in [0, 0.1) is 12.7 Å².